The number of anilines is 3. The SMILES string of the molecule is CC(=O)N1CCc2cc(NC(=O)CN3c4ccc([N+](=O)[O-])cc4CC3C)ccc21. The van der Waals surface area contributed by atoms with Gasteiger partial charge in [0, 0.05) is 48.7 Å². The molecule has 2 aromatic rings. The van der Waals surface area contributed by atoms with Gasteiger partial charge in [-0.3, -0.25) is 19.7 Å². The van der Waals surface area contributed by atoms with Gasteiger partial charge in [0.2, 0.25) is 11.8 Å². The van der Waals surface area contributed by atoms with E-state index in [0.717, 1.165) is 28.9 Å². The number of amides is 2. The first-order valence-electron chi connectivity index (χ1n) is 9.58. The molecule has 8 nitrogen and oxygen atoms in total. The first-order chi connectivity index (χ1) is 13.8. The first-order valence-corrected chi connectivity index (χ1v) is 9.58. The predicted molar refractivity (Wildman–Crippen MR) is 110 cm³/mol. The molecule has 2 aromatic carbocycles. The Labute approximate surface area is 168 Å². The van der Waals surface area contributed by atoms with E-state index in [9.17, 15) is 19.7 Å². The fraction of sp³-hybridized carbons (Fsp3) is 0.333. The zero-order chi connectivity index (χ0) is 20.7. The van der Waals surface area contributed by atoms with Crippen molar-refractivity contribution in [1.29, 1.82) is 0 Å². The Morgan fingerprint density at radius 1 is 1.17 bits per heavy atom. The lowest BCUT2D eigenvalue weighted by Gasteiger charge is -2.24. The van der Waals surface area contributed by atoms with Gasteiger partial charge in [-0.25, -0.2) is 0 Å². The molecule has 2 aliphatic rings. The van der Waals surface area contributed by atoms with E-state index in [1.54, 1.807) is 24.0 Å². The third kappa shape index (κ3) is 3.53. The number of carbonyl (C=O) groups excluding carboxylic acids is 2. The number of benzene rings is 2. The number of hydrogen-bond donors (Lipinski definition) is 1. The van der Waals surface area contributed by atoms with Gasteiger partial charge in [0.15, 0.2) is 0 Å². The first kappa shape index (κ1) is 18.9. The lowest BCUT2D eigenvalue weighted by Crippen LogP contribution is -2.37. The molecule has 0 radical (unpaired) electrons. The summed E-state index contributed by atoms with van der Waals surface area (Å²) >= 11 is 0. The van der Waals surface area contributed by atoms with Crippen molar-refractivity contribution in [1.82, 2.24) is 0 Å². The Bertz CT molecular complexity index is 1020. The highest BCUT2D eigenvalue weighted by Gasteiger charge is 2.29. The zero-order valence-electron chi connectivity index (χ0n) is 16.3. The monoisotopic (exact) mass is 394 g/mol. The molecule has 2 aliphatic heterocycles. The quantitative estimate of drug-likeness (QED) is 0.635. The summed E-state index contributed by atoms with van der Waals surface area (Å²) in [6, 6.07) is 10.5. The highest BCUT2D eigenvalue weighted by atomic mass is 16.6. The maximum Gasteiger partial charge on any atom is 0.269 e. The minimum Gasteiger partial charge on any atom is -0.359 e. The Hall–Kier alpha value is -3.42. The lowest BCUT2D eigenvalue weighted by molar-refractivity contribution is -0.384. The van der Waals surface area contributed by atoms with Gasteiger partial charge in [-0.15, -0.1) is 0 Å². The average Bonchev–Trinajstić information content (AvgIpc) is 3.22. The van der Waals surface area contributed by atoms with Crippen LogP contribution in [-0.4, -0.2) is 35.9 Å². The van der Waals surface area contributed by atoms with Crippen LogP contribution in [0.5, 0.6) is 0 Å². The Kier molecular flexibility index (Phi) is 4.70. The van der Waals surface area contributed by atoms with E-state index in [1.165, 1.54) is 6.07 Å². The summed E-state index contributed by atoms with van der Waals surface area (Å²) < 4.78 is 0. The molecule has 1 atom stereocenters. The topological polar surface area (TPSA) is 95.8 Å². The molecule has 0 saturated carbocycles. The number of fused-ring (bicyclic) bond motifs is 2. The van der Waals surface area contributed by atoms with Gasteiger partial charge >= 0.3 is 0 Å². The molecule has 2 amide bonds. The molecular formula is C21H22N4O4. The third-order valence-corrected chi connectivity index (χ3v) is 5.58. The molecule has 4 rings (SSSR count). The molecule has 0 saturated heterocycles. The second kappa shape index (κ2) is 7.20. The van der Waals surface area contributed by atoms with Crippen LogP contribution < -0.4 is 15.1 Å². The number of nitro groups is 1. The molecule has 29 heavy (non-hydrogen) atoms. The molecule has 0 aromatic heterocycles. The van der Waals surface area contributed by atoms with Crippen LogP contribution in [0, 0.1) is 10.1 Å². The van der Waals surface area contributed by atoms with E-state index in [0.29, 0.717) is 18.7 Å². The van der Waals surface area contributed by atoms with Crippen LogP contribution in [0.3, 0.4) is 0 Å². The Balaban J connectivity index is 1.46. The number of non-ortho nitro benzene ring substituents is 1. The number of nitrogens with zero attached hydrogens (tertiary/aromatic N) is 3. The highest BCUT2D eigenvalue weighted by molar-refractivity contribution is 5.97. The highest BCUT2D eigenvalue weighted by Crippen LogP contribution is 2.35. The Morgan fingerprint density at radius 3 is 2.66 bits per heavy atom. The summed E-state index contributed by atoms with van der Waals surface area (Å²) in [5.74, 6) is -0.133. The summed E-state index contributed by atoms with van der Waals surface area (Å²) in [4.78, 5) is 38.6. The fourth-order valence-electron chi connectivity index (χ4n) is 4.20. The number of nitrogens with one attached hydrogen (secondary N) is 1. The van der Waals surface area contributed by atoms with E-state index in [2.05, 4.69) is 5.32 Å². The summed E-state index contributed by atoms with van der Waals surface area (Å²) in [5, 5.41) is 13.9. The van der Waals surface area contributed by atoms with E-state index in [4.69, 9.17) is 0 Å². The maximum absolute atomic E-state index is 12.6. The van der Waals surface area contributed by atoms with E-state index < -0.39 is 4.92 Å². The fourth-order valence-corrected chi connectivity index (χ4v) is 4.20. The summed E-state index contributed by atoms with van der Waals surface area (Å²) in [5.41, 5.74) is 4.48. The largest absolute Gasteiger partial charge is 0.359 e. The number of nitro benzene ring substituents is 1. The third-order valence-electron chi connectivity index (χ3n) is 5.58. The van der Waals surface area contributed by atoms with Crippen LogP contribution in [0.15, 0.2) is 36.4 Å². The van der Waals surface area contributed by atoms with Gasteiger partial charge < -0.3 is 15.1 Å². The standard InChI is InChI=1S/C21H22N4O4/c1-13-9-16-11-18(25(28)29)4-6-20(16)24(13)12-21(27)22-17-3-5-19-15(10-17)7-8-23(19)14(2)26/h3-6,10-11,13H,7-9,12H2,1-2H3,(H,22,27). The van der Waals surface area contributed by atoms with E-state index in [-0.39, 0.29) is 30.1 Å². The number of rotatable bonds is 4. The molecule has 8 heteroatoms. The molecule has 0 bridgehead atoms. The van der Waals surface area contributed by atoms with Crippen molar-refractivity contribution < 1.29 is 14.5 Å². The van der Waals surface area contributed by atoms with Gasteiger partial charge in [0.25, 0.3) is 5.69 Å². The minimum absolute atomic E-state index is 0.0162. The zero-order valence-corrected chi connectivity index (χ0v) is 16.3. The summed E-state index contributed by atoms with van der Waals surface area (Å²) in [6.45, 7) is 4.39. The van der Waals surface area contributed by atoms with Crippen LogP contribution in [0.4, 0.5) is 22.7 Å². The van der Waals surface area contributed by atoms with Crippen molar-refractivity contribution in [3.8, 4) is 0 Å². The van der Waals surface area contributed by atoms with Gasteiger partial charge in [-0.05, 0) is 55.2 Å². The predicted octanol–water partition coefficient (Wildman–Crippen LogP) is 2.89. The molecule has 0 aliphatic carbocycles. The number of carbonyl (C=O) groups is 2. The molecular weight excluding hydrogens is 372 g/mol. The van der Waals surface area contributed by atoms with Gasteiger partial charge in [0.1, 0.15) is 0 Å². The second-order valence-electron chi connectivity index (χ2n) is 7.56. The van der Waals surface area contributed by atoms with Crippen molar-refractivity contribution >= 4 is 34.6 Å². The van der Waals surface area contributed by atoms with Crippen molar-refractivity contribution in [3.63, 3.8) is 0 Å². The smallest absolute Gasteiger partial charge is 0.269 e. The van der Waals surface area contributed by atoms with Crippen LogP contribution in [-0.2, 0) is 22.4 Å². The maximum atomic E-state index is 12.6. The molecule has 0 fully saturated rings. The van der Waals surface area contributed by atoms with Gasteiger partial charge in [-0.2, -0.15) is 0 Å². The molecule has 2 heterocycles. The number of hydrogen-bond acceptors (Lipinski definition) is 5. The normalized spacial score (nSPS) is 17.1. The van der Waals surface area contributed by atoms with Crippen molar-refractivity contribution in [3.05, 3.63) is 57.6 Å². The van der Waals surface area contributed by atoms with Crippen LogP contribution in [0.1, 0.15) is 25.0 Å². The average molecular weight is 394 g/mol. The van der Waals surface area contributed by atoms with E-state index in [1.807, 2.05) is 30.0 Å². The van der Waals surface area contributed by atoms with Crippen molar-refractivity contribution in [2.75, 3.05) is 28.2 Å². The Morgan fingerprint density at radius 2 is 1.93 bits per heavy atom. The van der Waals surface area contributed by atoms with E-state index >= 15 is 0 Å². The van der Waals surface area contributed by atoms with Crippen LogP contribution >= 0.6 is 0 Å². The second-order valence-corrected chi connectivity index (χ2v) is 7.56. The molecule has 1 N–H and O–H groups in total. The minimum atomic E-state index is -0.401. The summed E-state index contributed by atoms with van der Waals surface area (Å²) in [6.07, 6.45) is 1.44. The van der Waals surface area contributed by atoms with Crippen LogP contribution in [0.2, 0.25) is 0 Å². The lowest BCUT2D eigenvalue weighted by atomic mass is 10.1. The van der Waals surface area contributed by atoms with Crippen molar-refractivity contribution in [2.45, 2.75) is 32.7 Å². The summed E-state index contributed by atoms with van der Waals surface area (Å²) in [7, 11) is 0. The van der Waals surface area contributed by atoms with Gasteiger partial charge in [-0.1, -0.05) is 0 Å². The van der Waals surface area contributed by atoms with Crippen LogP contribution in [0.25, 0.3) is 0 Å². The van der Waals surface area contributed by atoms with Crippen molar-refractivity contribution in [2.24, 2.45) is 0 Å². The molecule has 150 valence electrons. The molecule has 0 spiro atoms. The van der Waals surface area contributed by atoms with Gasteiger partial charge in [0.05, 0.1) is 11.5 Å². The molecule has 1 unspecified atom stereocenters.